The summed E-state index contributed by atoms with van der Waals surface area (Å²) in [5.74, 6) is 1.83. The van der Waals surface area contributed by atoms with E-state index in [1.807, 2.05) is 30.3 Å². The number of aromatic nitrogens is 1. The van der Waals surface area contributed by atoms with E-state index in [1.165, 1.54) is 0 Å². The number of ether oxygens (including phenoxy) is 3. The minimum absolute atomic E-state index is 0.239. The Labute approximate surface area is 156 Å². The highest BCUT2D eigenvalue weighted by Crippen LogP contribution is 2.32. The number of hydrogen-bond acceptors (Lipinski definition) is 5. The van der Waals surface area contributed by atoms with Gasteiger partial charge in [0.05, 0.1) is 18.4 Å². The van der Waals surface area contributed by atoms with Gasteiger partial charge in [0.25, 0.3) is 5.91 Å². The number of methoxy groups -OCH3 is 1. The van der Waals surface area contributed by atoms with Crippen molar-refractivity contribution < 1.29 is 19.0 Å². The van der Waals surface area contributed by atoms with Crippen molar-refractivity contribution in [3.63, 3.8) is 0 Å². The maximum Gasteiger partial charge on any atom is 0.257 e. The second-order valence-electron chi connectivity index (χ2n) is 5.98. The van der Waals surface area contributed by atoms with E-state index in [9.17, 15) is 4.79 Å². The number of anilines is 1. The summed E-state index contributed by atoms with van der Waals surface area (Å²) in [6.07, 6.45) is 1.56. The molecule has 1 amide bonds. The van der Waals surface area contributed by atoms with Gasteiger partial charge in [0.2, 0.25) is 0 Å². The van der Waals surface area contributed by atoms with Crippen LogP contribution in [0.3, 0.4) is 0 Å². The summed E-state index contributed by atoms with van der Waals surface area (Å²) in [5, 5.41) is 2.85. The van der Waals surface area contributed by atoms with Crippen LogP contribution in [0.4, 0.5) is 5.69 Å². The van der Waals surface area contributed by atoms with Crippen LogP contribution in [-0.2, 0) is 0 Å². The molecule has 0 atom stereocenters. The van der Waals surface area contributed by atoms with Gasteiger partial charge in [-0.25, -0.2) is 0 Å². The predicted octanol–water partition coefficient (Wildman–Crippen LogP) is 3.78. The molecule has 0 unspecified atom stereocenters. The SMILES string of the molecule is COc1cccc(-c2ccc(C(=O)Nc3ccc4c(c3)OCCO4)cn2)c1. The molecular formula is C21H18N2O4. The standard InChI is InChI=1S/C21H18N2O4/c1-25-17-4-2-3-14(11-17)18-7-5-15(13-22-18)21(24)23-16-6-8-19-20(12-16)27-10-9-26-19/h2-8,11-13H,9-10H2,1H3,(H,23,24). The minimum Gasteiger partial charge on any atom is -0.497 e. The molecule has 0 saturated carbocycles. The maximum absolute atomic E-state index is 12.5. The van der Waals surface area contributed by atoms with Crippen LogP contribution in [0.2, 0.25) is 0 Å². The van der Waals surface area contributed by atoms with Crippen molar-refractivity contribution in [2.45, 2.75) is 0 Å². The second kappa shape index (κ2) is 7.37. The molecule has 0 aliphatic carbocycles. The topological polar surface area (TPSA) is 69.7 Å². The van der Waals surface area contributed by atoms with Crippen molar-refractivity contribution in [2.75, 3.05) is 25.6 Å². The van der Waals surface area contributed by atoms with E-state index < -0.39 is 0 Å². The summed E-state index contributed by atoms with van der Waals surface area (Å²) in [5.41, 5.74) is 2.80. The average Bonchev–Trinajstić information content (AvgIpc) is 2.74. The molecule has 6 nitrogen and oxygen atoms in total. The van der Waals surface area contributed by atoms with Crippen LogP contribution in [0.15, 0.2) is 60.8 Å². The Bertz CT molecular complexity index is 970. The zero-order valence-corrected chi connectivity index (χ0v) is 14.8. The van der Waals surface area contributed by atoms with E-state index in [0.29, 0.717) is 36.0 Å². The van der Waals surface area contributed by atoms with Gasteiger partial charge in [-0.3, -0.25) is 9.78 Å². The van der Waals surface area contributed by atoms with Gasteiger partial charge in [0.15, 0.2) is 11.5 Å². The van der Waals surface area contributed by atoms with Crippen LogP contribution in [0.1, 0.15) is 10.4 Å². The second-order valence-corrected chi connectivity index (χ2v) is 5.98. The third-order valence-electron chi connectivity index (χ3n) is 4.19. The smallest absolute Gasteiger partial charge is 0.257 e. The highest BCUT2D eigenvalue weighted by molar-refractivity contribution is 6.04. The Morgan fingerprint density at radius 2 is 1.89 bits per heavy atom. The molecule has 1 aromatic heterocycles. The zero-order valence-electron chi connectivity index (χ0n) is 14.8. The van der Waals surface area contributed by atoms with Gasteiger partial charge < -0.3 is 19.5 Å². The van der Waals surface area contributed by atoms with Gasteiger partial charge in [-0.15, -0.1) is 0 Å². The molecule has 3 aromatic rings. The van der Waals surface area contributed by atoms with E-state index in [0.717, 1.165) is 17.0 Å². The summed E-state index contributed by atoms with van der Waals surface area (Å²) in [6, 6.07) is 16.5. The summed E-state index contributed by atoms with van der Waals surface area (Å²) < 4.78 is 16.3. The lowest BCUT2D eigenvalue weighted by Crippen LogP contribution is -2.16. The van der Waals surface area contributed by atoms with Gasteiger partial charge in [-0.2, -0.15) is 0 Å². The Morgan fingerprint density at radius 3 is 2.67 bits per heavy atom. The lowest BCUT2D eigenvalue weighted by Gasteiger charge is -2.19. The monoisotopic (exact) mass is 362 g/mol. The fourth-order valence-electron chi connectivity index (χ4n) is 2.81. The Balaban J connectivity index is 1.49. The molecule has 0 fully saturated rings. The van der Waals surface area contributed by atoms with E-state index in [2.05, 4.69) is 10.3 Å². The summed E-state index contributed by atoms with van der Waals surface area (Å²) in [7, 11) is 1.62. The lowest BCUT2D eigenvalue weighted by molar-refractivity contribution is 0.102. The molecule has 0 saturated heterocycles. The van der Waals surface area contributed by atoms with Crippen molar-refractivity contribution in [3.05, 3.63) is 66.4 Å². The molecule has 2 aromatic carbocycles. The number of amides is 1. The van der Waals surface area contributed by atoms with Crippen LogP contribution in [0.25, 0.3) is 11.3 Å². The lowest BCUT2D eigenvalue weighted by atomic mass is 10.1. The van der Waals surface area contributed by atoms with Gasteiger partial charge >= 0.3 is 0 Å². The largest absolute Gasteiger partial charge is 0.497 e. The van der Waals surface area contributed by atoms with Gasteiger partial charge in [0.1, 0.15) is 19.0 Å². The highest BCUT2D eigenvalue weighted by atomic mass is 16.6. The molecule has 6 heteroatoms. The predicted molar refractivity (Wildman–Crippen MR) is 102 cm³/mol. The number of carbonyl (C=O) groups is 1. The van der Waals surface area contributed by atoms with Crippen molar-refractivity contribution in [1.29, 1.82) is 0 Å². The molecule has 1 aliphatic heterocycles. The van der Waals surface area contributed by atoms with Gasteiger partial charge in [-0.05, 0) is 36.4 Å². The van der Waals surface area contributed by atoms with E-state index >= 15 is 0 Å². The molecular weight excluding hydrogens is 344 g/mol. The highest BCUT2D eigenvalue weighted by Gasteiger charge is 2.14. The Hall–Kier alpha value is -3.54. The number of fused-ring (bicyclic) bond motifs is 1. The van der Waals surface area contributed by atoms with Crippen molar-refractivity contribution in [3.8, 4) is 28.5 Å². The third-order valence-corrected chi connectivity index (χ3v) is 4.19. The van der Waals surface area contributed by atoms with Crippen LogP contribution in [-0.4, -0.2) is 31.2 Å². The third kappa shape index (κ3) is 3.69. The number of nitrogens with zero attached hydrogens (tertiary/aromatic N) is 1. The number of carbonyl (C=O) groups excluding carboxylic acids is 1. The van der Waals surface area contributed by atoms with Crippen LogP contribution in [0.5, 0.6) is 17.2 Å². The molecule has 1 aliphatic rings. The summed E-state index contributed by atoms with van der Waals surface area (Å²) in [6.45, 7) is 1.03. The number of rotatable bonds is 4. The fraction of sp³-hybridized carbons (Fsp3) is 0.143. The minimum atomic E-state index is -0.239. The first-order valence-electron chi connectivity index (χ1n) is 8.54. The van der Waals surface area contributed by atoms with Crippen molar-refractivity contribution in [2.24, 2.45) is 0 Å². The van der Waals surface area contributed by atoms with E-state index in [4.69, 9.17) is 14.2 Å². The summed E-state index contributed by atoms with van der Waals surface area (Å²) in [4.78, 5) is 16.9. The molecule has 1 N–H and O–H groups in total. The number of benzene rings is 2. The average molecular weight is 362 g/mol. The molecule has 0 spiro atoms. The quantitative estimate of drug-likeness (QED) is 0.765. The summed E-state index contributed by atoms with van der Waals surface area (Å²) >= 11 is 0. The normalized spacial score (nSPS) is 12.3. The van der Waals surface area contributed by atoms with Crippen LogP contribution >= 0.6 is 0 Å². The number of hydrogen-bond donors (Lipinski definition) is 1. The number of nitrogens with one attached hydrogen (secondary N) is 1. The first-order chi connectivity index (χ1) is 13.2. The molecule has 4 rings (SSSR count). The first-order valence-corrected chi connectivity index (χ1v) is 8.54. The van der Waals surface area contributed by atoms with Crippen LogP contribution in [0, 0.1) is 0 Å². The Kier molecular flexibility index (Phi) is 4.61. The van der Waals surface area contributed by atoms with E-state index in [1.54, 1.807) is 37.6 Å². The molecule has 27 heavy (non-hydrogen) atoms. The molecule has 2 heterocycles. The number of pyridine rings is 1. The Morgan fingerprint density at radius 1 is 1.04 bits per heavy atom. The maximum atomic E-state index is 12.5. The molecule has 0 bridgehead atoms. The van der Waals surface area contributed by atoms with Crippen molar-refractivity contribution >= 4 is 11.6 Å². The molecule has 0 radical (unpaired) electrons. The van der Waals surface area contributed by atoms with Gasteiger partial charge in [-0.1, -0.05) is 12.1 Å². The molecule has 136 valence electrons. The first kappa shape index (κ1) is 16.9. The van der Waals surface area contributed by atoms with Crippen molar-refractivity contribution in [1.82, 2.24) is 4.98 Å². The van der Waals surface area contributed by atoms with Gasteiger partial charge in [0, 0.05) is 23.5 Å². The van der Waals surface area contributed by atoms with E-state index in [-0.39, 0.29) is 5.91 Å². The fourth-order valence-corrected chi connectivity index (χ4v) is 2.81. The zero-order chi connectivity index (χ0) is 18.6. The van der Waals surface area contributed by atoms with Crippen LogP contribution < -0.4 is 19.5 Å².